The molecule has 5 nitrogen and oxygen atoms in total. The summed E-state index contributed by atoms with van der Waals surface area (Å²) in [5.41, 5.74) is 6.00. The van der Waals surface area contributed by atoms with E-state index in [9.17, 15) is 0 Å². The lowest BCUT2D eigenvalue weighted by atomic mass is 10.0. The number of ether oxygens (including phenoxy) is 2. The summed E-state index contributed by atoms with van der Waals surface area (Å²) in [6.07, 6.45) is 0. The summed E-state index contributed by atoms with van der Waals surface area (Å²) in [5, 5.41) is 3.47. The zero-order valence-electron chi connectivity index (χ0n) is 16.6. The van der Waals surface area contributed by atoms with E-state index in [-0.39, 0.29) is 6.04 Å². The van der Waals surface area contributed by atoms with Crippen molar-refractivity contribution in [3.8, 4) is 17.1 Å². The molecule has 0 fully saturated rings. The van der Waals surface area contributed by atoms with Gasteiger partial charge in [-0.05, 0) is 65.9 Å². The zero-order valence-corrected chi connectivity index (χ0v) is 18.2. The number of aromatic nitrogens is 2. The lowest BCUT2D eigenvalue weighted by Gasteiger charge is -2.21. The molecule has 2 aromatic rings. The molecule has 1 unspecified atom stereocenters. The third kappa shape index (κ3) is 4.35. The van der Waals surface area contributed by atoms with Crippen LogP contribution in [0.5, 0.6) is 5.88 Å². The Morgan fingerprint density at radius 1 is 1.08 bits per heavy atom. The van der Waals surface area contributed by atoms with Crippen molar-refractivity contribution in [3.05, 3.63) is 33.6 Å². The predicted molar refractivity (Wildman–Crippen MR) is 110 cm³/mol. The first-order valence-corrected chi connectivity index (χ1v) is 9.56. The second kappa shape index (κ2) is 8.82. The summed E-state index contributed by atoms with van der Waals surface area (Å²) in [6.45, 7) is 11.1. The van der Waals surface area contributed by atoms with Crippen LogP contribution < -0.4 is 10.1 Å². The average molecular weight is 422 g/mol. The fourth-order valence-corrected chi connectivity index (χ4v) is 3.43. The van der Waals surface area contributed by atoms with E-state index in [1.54, 1.807) is 14.2 Å². The predicted octanol–water partition coefficient (Wildman–Crippen LogP) is 5.10. The highest BCUT2D eigenvalue weighted by atomic mass is 79.9. The van der Waals surface area contributed by atoms with Crippen LogP contribution in [-0.4, -0.2) is 36.8 Å². The molecule has 0 aliphatic rings. The Morgan fingerprint density at radius 3 is 2.35 bits per heavy atom. The quantitative estimate of drug-likeness (QED) is 0.629. The minimum absolute atomic E-state index is 0.184. The third-order valence-electron chi connectivity index (χ3n) is 4.44. The van der Waals surface area contributed by atoms with Gasteiger partial charge in [-0.2, -0.15) is 0 Å². The molecule has 0 saturated carbocycles. The lowest BCUT2D eigenvalue weighted by Crippen LogP contribution is -2.22. The van der Waals surface area contributed by atoms with Crippen molar-refractivity contribution in [1.29, 1.82) is 0 Å². The Hall–Kier alpha value is -1.66. The third-order valence-corrected chi connectivity index (χ3v) is 5.01. The fraction of sp³-hybridized carbons (Fsp3) is 0.500. The second-order valence-corrected chi connectivity index (χ2v) is 7.58. The van der Waals surface area contributed by atoms with Gasteiger partial charge >= 0.3 is 0 Å². The first-order valence-electron chi connectivity index (χ1n) is 8.77. The van der Waals surface area contributed by atoms with Gasteiger partial charge in [0.15, 0.2) is 0 Å². The number of methoxy groups -OCH3 is 2. The van der Waals surface area contributed by atoms with Gasteiger partial charge in [-0.15, -0.1) is 0 Å². The average Bonchev–Trinajstić information content (AvgIpc) is 2.61. The molecule has 6 heteroatoms. The van der Waals surface area contributed by atoms with E-state index in [0.717, 1.165) is 38.4 Å². The summed E-state index contributed by atoms with van der Waals surface area (Å²) in [4.78, 5) is 9.45. The van der Waals surface area contributed by atoms with Crippen LogP contribution in [-0.2, 0) is 4.74 Å². The normalized spacial score (nSPS) is 12.3. The monoisotopic (exact) mass is 421 g/mol. The Kier molecular flexibility index (Phi) is 7.01. The molecule has 142 valence electrons. The smallest absolute Gasteiger partial charge is 0.222 e. The molecule has 0 spiro atoms. The maximum Gasteiger partial charge on any atom is 0.222 e. The van der Waals surface area contributed by atoms with Crippen molar-refractivity contribution in [2.24, 2.45) is 0 Å². The highest BCUT2D eigenvalue weighted by Gasteiger charge is 2.19. The van der Waals surface area contributed by atoms with Crippen LogP contribution in [0.15, 0.2) is 16.7 Å². The summed E-state index contributed by atoms with van der Waals surface area (Å²) < 4.78 is 11.5. The van der Waals surface area contributed by atoms with Crippen LogP contribution in [0.4, 0.5) is 5.69 Å². The Labute approximate surface area is 164 Å². The number of hydrogen-bond acceptors (Lipinski definition) is 5. The van der Waals surface area contributed by atoms with E-state index in [0.29, 0.717) is 18.4 Å². The van der Waals surface area contributed by atoms with E-state index in [1.807, 2.05) is 12.1 Å². The first kappa shape index (κ1) is 20.6. The van der Waals surface area contributed by atoms with Crippen molar-refractivity contribution in [1.82, 2.24) is 9.97 Å². The van der Waals surface area contributed by atoms with E-state index in [4.69, 9.17) is 14.5 Å². The summed E-state index contributed by atoms with van der Waals surface area (Å²) in [5.74, 6) is 0.945. The number of pyridine rings is 2. The Balaban J connectivity index is 2.52. The van der Waals surface area contributed by atoms with Gasteiger partial charge in [-0.3, -0.25) is 0 Å². The van der Waals surface area contributed by atoms with Crippen molar-refractivity contribution in [2.75, 3.05) is 26.1 Å². The largest absolute Gasteiger partial charge is 0.480 e. The number of nitrogens with one attached hydrogen (secondary N) is 1. The van der Waals surface area contributed by atoms with E-state index < -0.39 is 0 Å². The molecule has 26 heavy (non-hydrogen) atoms. The molecule has 0 aliphatic heterocycles. The van der Waals surface area contributed by atoms with Crippen LogP contribution in [0.1, 0.15) is 43.5 Å². The van der Waals surface area contributed by atoms with Gasteiger partial charge in [0.2, 0.25) is 5.88 Å². The molecular weight excluding hydrogens is 394 g/mol. The van der Waals surface area contributed by atoms with E-state index in [1.165, 1.54) is 0 Å². The van der Waals surface area contributed by atoms with Crippen LogP contribution in [0.3, 0.4) is 0 Å². The number of hydrogen-bond donors (Lipinski definition) is 1. The van der Waals surface area contributed by atoms with Crippen LogP contribution in [0, 0.1) is 13.8 Å². The highest BCUT2D eigenvalue weighted by molar-refractivity contribution is 9.10. The molecule has 0 saturated heterocycles. The number of anilines is 1. The van der Waals surface area contributed by atoms with Crippen molar-refractivity contribution in [2.45, 2.75) is 46.6 Å². The van der Waals surface area contributed by atoms with Gasteiger partial charge in [-0.1, -0.05) is 13.8 Å². The summed E-state index contributed by atoms with van der Waals surface area (Å²) in [7, 11) is 3.35. The van der Waals surface area contributed by atoms with Crippen LogP contribution in [0.2, 0.25) is 0 Å². The topological polar surface area (TPSA) is 56.3 Å². The number of halogens is 1. The van der Waals surface area contributed by atoms with Crippen LogP contribution in [0.25, 0.3) is 11.3 Å². The molecule has 0 bridgehead atoms. The Bertz CT molecular complexity index is 778. The van der Waals surface area contributed by atoms with Crippen molar-refractivity contribution in [3.63, 3.8) is 0 Å². The minimum atomic E-state index is 0.184. The minimum Gasteiger partial charge on any atom is -0.480 e. The molecule has 2 aromatic heterocycles. The Morgan fingerprint density at radius 2 is 1.77 bits per heavy atom. The molecule has 2 heterocycles. The highest BCUT2D eigenvalue weighted by Crippen LogP contribution is 2.37. The van der Waals surface area contributed by atoms with Gasteiger partial charge in [0, 0.05) is 18.8 Å². The van der Waals surface area contributed by atoms with E-state index >= 15 is 0 Å². The maximum atomic E-state index is 5.55. The lowest BCUT2D eigenvalue weighted by molar-refractivity contribution is 0.190. The molecule has 0 radical (unpaired) electrons. The molecule has 0 aliphatic carbocycles. The van der Waals surface area contributed by atoms with Crippen molar-refractivity contribution >= 4 is 21.6 Å². The fourth-order valence-electron chi connectivity index (χ4n) is 2.84. The zero-order chi connectivity index (χ0) is 19.4. The molecule has 1 atom stereocenters. The molecule has 0 amide bonds. The van der Waals surface area contributed by atoms with Crippen molar-refractivity contribution < 1.29 is 9.47 Å². The summed E-state index contributed by atoms with van der Waals surface area (Å²) in [6, 6.07) is 4.27. The standard InChI is InChI=1S/C20H28BrN3O2/c1-11(2)16-9-8-15(20(23-16)26-7)17-13(4)14(5)18(19(21)24-17)22-12(3)10-25-6/h8-9,11-12,22H,10H2,1-7H3. The molecule has 1 N–H and O–H groups in total. The summed E-state index contributed by atoms with van der Waals surface area (Å²) >= 11 is 3.62. The molecular formula is C20H28BrN3O2. The van der Waals surface area contributed by atoms with Gasteiger partial charge in [-0.25, -0.2) is 9.97 Å². The molecule has 2 rings (SSSR count). The van der Waals surface area contributed by atoms with Gasteiger partial charge in [0.25, 0.3) is 0 Å². The molecule has 0 aromatic carbocycles. The number of rotatable bonds is 7. The second-order valence-electron chi connectivity index (χ2n) is 6.82. The maximum absolute atomic E-state index is 5.55. The van der Waals surface area contributed by atoms with Gasteiger partial charge in [0.1, 0.15) is 4.60 Å². The first-order chi connectivity index (χ1) is 12.3. The van der Waals surface area contributed by atoms with Gasteiger partial charge < -0.3 is 14.8 Å². The van der Waals surface area contributed by atoms with E-state index in [2.05, 4.69) is 60.8 Å². The SMILES string of the molecule is COCC(C)Nc1c(Br)nc(-c2ccc(C(C)C)nc2OC)c(C)c1C. The van der Waals surface area contributed by atoms with Crippen LogP contribution >= 0.6 is 15.9 Å². The van der Waals surface area contributed by atoms with Gasteiger partial charge in [0.05, 0.1) is 30.7 Å². The number of nitrogens with zero attached hydrogens (tertiary/aromatic N) is 2.